The van der Waals surface area contributed by atoms with E-state index in [4.69, 9.17) is 17.2 Å². The van der Waals surface area contributed by atoms with Gasteiger partial charge in [-0.3, -0.25) is 4.79 Å². The van der Waals surface area contributed by atoms with Gasteiger partial charge >= 0.3 is 0 Å². The van der Waals surface area contributed by atoms with Crippen LogP contribution in [0.25, 0.3) is 0 Å². The summed E-state index contributed by atoms with van der Waals surface area (Å²) in [6.45, 7) is 0.268. The van der Waals surface area contributed by atoms with Gasteiger partial charge < -0.3 is 17.2 Å². The van der Waals surface area contributed by atoms with Gasteiger partial charge in [0.2, 0.25) is 5.91 Å². The number of halogens is 2. The summed E-state index contributed by atoms with van der Waals surface area (Å²) in [5, 5.41) is 0. The summed E-state index contributed by atoms with van der Waals surface area (Å²) in [6.07, 6.45) is 1.37. The minimum absolute atomic E-state index is 0. The molecule has 0 aromatic heterocycles. The minimum Gasteiger partial charge on any atom is -0.369 e. The standard InChI is InChI=1S/C18H23N3O.2ClH/c19-12-16(18(21)22)10-14-6-8-15(9-7-14)17(20)11-13-4-2-1-3-5-13;;/h1-9,16-17H,10-12,19-20H2,(H2,21,22);2*1H. The van der Waals surface area contributed by atoms with Crippen LogP contribution in [0, 0.1) is 5.92 Å². The second-order valence-electron chi connectivity index (χ2n) is 5.58. The van der Waals surface area contributed by atoms with Crippen LogP contribution in [0.1, 0.15) is 22.7 Å². The SMILES string of the molecule is Cl.Cl.NCC(Cc1ccc(C(N)Cc2ccccc2)cc1)C(N)=O. The van der Waals surface area contributed by atoms with Crippen molar-refractivity contribution in [2.75, 3.05) is 6.54 Å². The molecule has 2 aromatic rings. The van der Waals surface area contributed by atoms with E-state index in [1.54, 1.807) is 0 Å². The molecule has 2 atom stereocenters. The Morgan fingerprint density at radius 2 is 1.42 bits per heavy atom. The largest absolute Gasteiger partial charge is 0.369 e. The molecule has 4 nitrogen and oxygen atoms in total. The Kier molecular flexibility index (Phi) is 10.3. The highest BCUT2D eigenvalue weighted by molar-refractivity contribution is 5.85. The van der Waals surface area contributed by atoms with E-state index >= 15 is 0 Å². The van der Waals surface area contributed by atoms with Crippen molar-refractivity contribution in [1.82, 2.24) is 0 Å². The fourth-order valence-corrected chi connectivity index (χ4v) is 2.47. The molecular formula is C18H25Cl2N3O. The van der Waals surface area contributed by atoms with Crippen LogP contribution in [0.3, 0.4) is 0 Å². The molecule has 0 saturated carbocycles. The number of carbonyl (C=O) groups excluding carboxylic acids is 1. The number of rotatable bonds is 7. The molecule has 0 aliphatic rings. The molecule has 0 aliphatic carbocycles. The maximum Gasteiger partial charge on any atom is 0.222 e. The van der Waals surface area contributed by atoms with Gasteiger partial charge in [-0.1, -0.05) is 54.6 Å². The molecule has 0 aliphatic heterocycles. The van der Waals surface area contributed by atoms with Crippen LogP contribution in [-0.4, -0.2) is 12.5 Å². The highest BCUT2D eigenvalue weighted by Gasteiger charge is 2.14. The highest BCUT2D eigenvalue weighted by Crippen LogP contribution is 2.18. The molecule has 2 aromatic carbocycles. The average Bonchev–Trinajstić information content (AvgIpc) is 2.53. The lowest BCUT2D eigenvalue weighted by atomic mass is 9.95. The van der Waals surface area contributed by atoms with Crippen molar-refractivity contribution in [3.8, 4) is 0 Å². The van der Waals surface area contributed by atoms with Crippen molar-refractivity contribution in [3.63, 3.8) is 0 Å². The van der Waals surface area contributed by atoms with E-state index in [1.807, 2.05) is 42.5 Å². The van der Waals surface area contributed by atoms with Crippen molar-refractivity contribution in [2.45, 2.75) is 18.9 Å². The minimum atomic E-state index is -0.354. The first kappa shape index (κ1) is 22.4. The van der Waals surface area contributed by atoms with Gasteiger partial charge in [0.05, 0.1) is 5.92 Å². The Bertz CT molecular complexity index is 605. The molecule has 132 valence electrons. The Morgan fingerprint density at radius 3 is 1.92 bits per heavy atom. The maximum absolute atomic E-state index is 11.2. The summed E-state index contributed by atoms with van der Waals surface area (Å²) < 4.78 is 0. The Morgan fingerprint density at radius 1 is 0.875 bits per heavy atom. The van der Waals surface area contributed by atoms with Gasteiger partial charge in [-0.15, -0.1) is 24.8 Å². The van der Waals surface area contributed by atoms with Gasteiger partial charge in [-0.05, 0) is 29.5 Å². The zero-order valence-corrected chi connectivity index (χ0v) is 15.1. The van der Waals surface area contributed by atoms with Gasteiger partial charge in [0.25, 0.3) is 0 Å². The maximum atomic E-state index is 11.2. The molecule has 0 spiro atoms. The van der Waals surface area contributed by atoms with Gasteiger partial charge in [0, 0.05) is 12.6 Å². The fraction of sp³-hybridized carbons (Fsp3) is 0.278. The summed E-state index contributed by atoms with van der Waals surface area (Å²) in [4.78, 5) is 11.2. The van der Waals surface area contributed by atoms with Crippen molar-refractivity contribution < 1.29 is 4.79 Å². The third-order valence-electron chi connectivity index (χ3n) is 3.88. The summed E-state index contributed by atoms with van der Waals surface area (Å²) in [5.74, 6) is -0.670. The molecule has 2 rings (SSSR count). The molecule has 6 heteroatoms. The van der Waals surface area contributed by atoms with E-state index in [9.17, 15) is 4.79 Å². The second kappa shape index (κ2) is 11.0. The van der Waals surface area contributed by atoms with Gasteiger partial charge in [-0.2, -0.15) is 0 Å². The predicted molar refractivity (Wildman–Crippen MR) is 103 cm³/mol. The van der Waals surface area contributed by atoms with Crippen LogP contribution < -0.4 is 17.2 Å². The molecule has 1 amide bonds. The summed E-state index contributed by atoms with van der Waals surface area (Å²) in [7, 11) is 0. The van der Waals surface area contributed by atoms with E-state index in [0.717, 1.165) is 17.5 Å². The molecule has 2 unspecified atom stereocenters. The molecule has 0 fully saturated rings. The van der Waals surface area contributed by atoms with Gasteiger partial charge in [0.1, 0.15) is 0 Å². The summed E-state index contributed by atoms with van der Waals surface area (Å²) in [6, 6.07) is 18.1. The Labute approximate surface area is 155 Å². The molecule has 0 saturated heterocycles. The van der Waals surface area contributed by atoms with Crippen LogP contribution in [0.2, 0.25) is 0 Å². The quantitative estimate of drug-likeness (QED) is 0.698. The number of amides is 1. The van der Waals surface area contributed by atoms with Gasteiger partial charge in [0.15, 0.2) is 0 Å². The van der Waals surface area contributed by atoms with Crippen molar-refractivity contribution in [2.24, 2.45) is 23.1 Å². The van der Waals surface area contributed by atoms with Gasteiger partial charge in [-0.25, -0.2) is 0 Å². The highest BCUT2D eigenvalue weighted by atomic mass is 35.5. The normalized spacial score (nSPS) is 12.4. The van der Waals surface area contributed by atoms with E-state index in [2.05, 4.69) is 12.1 Å². The number of primary amides is 1. The van der Waals surface area contributed by atoms with E-state index in [1.165, 1.54) is 5.56 Å². The summed E-state index contributed by atoms with van der Waals surface area (Å²) in [5.41, 5.74) is 20.5. The lowest BCUT2D eigenvalue weighted by Crippen LogP contribution is -2.31. The lowest BCUT2D eigenvalue weighted by molar-refractivity contribution is -0.121. The number of hydrogen-bond acceptors (Lipinski definition) is 3. The summed E-state index contributed by atoms with van der Waals surface area (Å²) >= 11 is 0. The van der Waals surface area contributed by atoms with E-state index in [-0.39, 0.29) is 49.2 Å². The van der Waals surface area contributed by atoms with Crippen LogP contribution in [0.4, 0.5) is 0 Å². The van der Waals surface area contributed by atoms with E-state index < -0.39 is 0 Å². The number of nitrogens with two attached hydrogens (primary N) is 3. The molecule has 0 heterocycles. The Balaban J connectivity index is 0.00000264. The smallest absolute Gasteiger partial charge is 0.222 e. The number of benzene rings is 2. The topological polar surface area (TPSA) is 95.1 Å². The zero-order chi connectivity index (χ0) is 15.9. The third-order valence-corrected chi connectivity index (χ3v) is 3.88. The first-order chi connectivity index (χ1) is 10.6. The first-order valence-electron chi connectivity index (χ1n) is 7.48. The number of hydrogen-bond donors (Lipinski definition) is 3. The van der Waals surface area contributed by atoms with Crippen molar-refractivity contribution >= 4 is 30.7 Å². The molecule has 0 bridgehead atoms. The molecule has 6 N–H and O–H groups in total. The van der Waals surface area contributed by atoms with Crippen LogP contribution >= 0.6 is 24.8 Å². The molecule has 24 heavy (non-hydrogen) atoms. The monoisotopic (exact) mass is 369 g/mol. The van der Waals surface area contributed by atoms with E-state index in [0.29, 0.717) is 6.42 Å². The first-order valence-corrected chi connectivity index (χ1v) is 7.48. The van der Waals surface area contributed by atoms with Crippen LogP contribution in [0.5, 0.6) is 0 Å². The average molecular weight is 370 g/mol. The van der Waals surface area contributed by atoms with Crippen molar-refractivity contribution in [1.29, 1.82) is 0 Å². The van der Waals surface area contributed by atoms with Crippen LogP contribution in [0.15, 0.2) is 54.6 Å². The lowest BCUT2D eigenvalue weighted by Gasteiger charge is -2.14. The molecule has 0 radical (unpaired) electrons. The fourth-order valence-electron chi connectivity index (χ4n) is 2.47. The molecular weight excluding hydrogens is 345 g/mol. The zero-order valence-electron chi connectivity index (χ0n) is 13.4. The second-order valence-corrected chi connectivity index (χ2v) is 5.58. The Hall–Kier alpha value is -1.59. The third kappa shape index (κ3) is 6.49. The predicted octanol–water partition coefficient (Wildman–Crippen LogP) is 2.38. The van der Waals surface area contributed by atoms with Crippen molar-refractivity contribution in [3.05, 3.63) is 71.3 Å². The number of carbonyl (C=O) groups is 1. The van der Waals surface area contributed by atoms with Crippen LogP contribution in [-0.2, 0) is 17.6 Å².